The molecule has 1 aliphatic heterocycles. The first kappa shape index (κ1) is 15.0. The fourth-order valence-electron chi connectivity index (χ4n) is 1.99. The van der Waals surface area contributed by atoms with Gasteiger partial charge in [0.25, 0.3) is 0 Å². The van der Waals surface area contributed by atoms with Crippen molar-refractivity contribution in [1.29, 1.82) is 0 Å². The molecule has 0 spiro atoms. The van der Waals surface area contributed by atoms with E-state index in [2.05, 4.69) is 10.6 Å². The minimum Gasteiger partial charge on any atom is -0.479 e. The maximum atomic E-state index is 11.9. The zero-order valence-corrected chi connectivity index (χ0v) is 12.2. The van der Waals surface area contributed by atoms with Gasteiger partial charge in [-0.25, -0.2) is 9.59 Å². The zero-order chi connectivity index (χ0) is 14.5. The van der Waals surface area contributed by atoms with Crippen LogP contribution in [-0.4, -0.2) is 34.7 Å². The Balaban J connectivity index is 2.04. The van der Waals surface area contributed by atoms with E-state index in [4.69, 9.17) is 11.6 Å². The number of rotatable bonds is 4. The summed E-state index contributed by atoms with van der Waals surface area (Å²) in [7, 11) is 0. The zero-order valence-electron chi connectivity index (χ0n) is 10.6. The first-order chi connectivity index (χ1) is 9.58. The minimum absolute atomic E-state index is 0.0979. The summed E-state index contributed by atoms with van der Waals surface area (Å²) in [5.74, 6) is 0.726. The van der Waals surface area contributed by atoms with Gasteiger partial charge in [0, 0.05) is 22.4 Å². The van der Waals surface area contributed by atoms with Crippen molar-refractivity contribution < 1.29 is 14.7 Å². The molecule has 3 N–H and O–H groups in total. The lowest BCUT2D eigenvalue weighted by Gasteiger charge is -2.18. The lowest BCUT2D eigenvalue weighted by atomic mass is 10.1. The van der Waals surface area contributed by atoms with E-state index in [1.807, 2.05) is 0 Å². The second kappa shape index (κ2) is 6.85. The van der Waals surface area contributed by atoms with Crippen molar-refractivity contribution in [3.63, 3.8) is 0 Å². The molecule has 2 rings (SSSR count). The van der Waals surface area contributed by atoms with Gasteiger partial charge in [-0.2, -0.15) is 11.8 Å². The van der Waals surface area contributed by atoms with Crippen LogP contribution < -0.4 is 10.6 Å². The quantitative estimate of drug-likeness (QED) is 0.796. The molecule has 1 aromatic carbocycles. The molecular weight excluding hydrogens is 300 g/mol. The molecule has 7 heteroatoms. The number of urea groups is 1. The van der Waals surface area contributed by atoms with Gasteiger partial charge >= 0.3 is 12.0 Å². The fourth-order valence-corrected chi connectivity index (χ4v) is 3.39. The molecule has 5 nitrogen and oxygen atoms in total. The number of hydrogen-bond donors (Lipinski definition) is 3. The molecule has 0 radical (unpaired) electrons. The summed E-state index contributed by atoms with van der Waals surface area (Å²) in [5, 5.41) is 14.8. The number of nitrogens with one attached hydrogen (secondary N) is 2. The third-order valence-electron chi connectivity index (χ3n) is 3.00. The third kappa shape index (κ3) is 3.80. The maximum Gasteiger partial charge on any atom is 0.331 e. The summed E-state index contributed by atoms with van der Waals surface area (Å²) in [4.78, 5) is 23.2. The lowest BCUT2D eigenvalue weighted by Crippen LogP contribution is -2.45. The van der Waals surface area contributed by atoms with Crippen molar-refractivity contribution >= 4 is 35.4 Å². The van der Waals surface area contributed by atoms with Crippen LogP contribution in [0.4, 0.5) is 4.79 Å². The van der Waals surface area contributed by atoms with Gasteiger partial charge in [0.05, 0.1) is 0 Å². The first-order valence-corrected chi connectivity index (χ1v) is 7.73. The molecule has 20 heavy (non-hydrogen) atoms. The van der Waals surface area contributed by atoms with Gasteiger partial charge in [-0.15, -0.1) is 0 Å². The molecule has 0 saturated carbocycles. The van der Waals surface area contributed by atoms with Crippen LogP contribution in [0.2, 0.25) is 5.02 Å². The molecule has 0 aliphatic carbocycles. The molecule has 108 valence electrons. The van der Waals surface area contributed by atoms with Crippen molar-refractivity contribution in [1.82, 2.24) is 10.6 Å². The monoisotopic (exact) mass is 314 g/mol. The van der Waals surface area contributed by atoms with Crippen LogP contribution in [0.1, 0.15) is 18.0 Å². The Morgan fingerprint density at radius 1 is 1.40 bits per heavy atom. The number of carboxylic acid groups (broad SMARTS) is 1. The predicted molar refractivity (Wildman–Crippen MR) is 79.2 cm³/mol. The van der Waals surface area contributed by atoms with Crippen LogP contribution in [0.5, 0.6) is 0 Å². The van der Waals surface area contributed by atoms with E-state index in [0.717, 1.165) is 17.9 Å². The Labute approximate surface area is 126 Å². The van der Waals surface area contributed by atoms with E-state index in [9.17, 15) is 14.7 Å². The Morgan fingerprint density at radius 3 is 2.75 bits per heavy atom. The van der Waals surface area contributed by atoms with Crippen LogP contribution in [0, 0.1) is 0 Å². The van der Waals surface area contributed by atoms with Gasteiger partial charge in [0.2, 0.25) is 0 Å². The van der Waals surface area contributed by atoms with E-state index < -0.39 is 18.0 Å². The number of thioether (sulfide) groups is 1. The van der Waals surface area contributed by atoms with E-state index >= 15 is 0 Å². The normalized spacial score (nSPS) is 19.4. The van der Waals surface area contributed by atoms with E-state index in [1.54, 1.807) is 36.0 Å². The fraction of sp³-hybridized carbons (Fsp3) is 0.385. The third-order valence-corrected chi connectivity index (χ3v) is 4.51. The van der Waals surface area contributed by atoms with Gasteiger partial charge in [-0.05, 0) is 18.2 Å². The summed E-state index contributed by atoms with van der Waals surface area (Å²) in [6.07, 6.45) is 0.905. The van der Waals surface area contributed by atoms with E-state index in [0.29, 0.717) is 10.6 Å². The van der Waals surface area contributed by atoms with Crippen molar-refractivity contribution in [2.45, 2.75) is 18.5 Å². The van der Waals surface area contributed by atoms with Crippen molar-refractivity contribution in [2.24, 2.45) is 0 Å². The van der Waals surface area contributed by atoms with E-state index in [1.165, 1.54) is 0 Å². The number of carbonyl (C=O) groups is 2. The number of carboxylic acids is 1. The van der Waals surface area contributed by atoms with Gasteiger partial charge in [0.1, 0.15) is 0 Å². The molecule has 1 heterocycles. The van der Waals surface area contributed by atoms with Crippen LogP contribution in [-0.2, 0) is 4.79 Å². The Hall–Kier alpha value is -1.40. The molecule has 0 bridgehead atoms. The van der Waals surface area contributed by atoms with Crippen LogP contribution in [0.25, 0.3) is 0 Å². The second-order valence-electron chi connectivity index (χ2n) is 4.47. The van der Waals surface area contributed by atoms with Crippen LogP contribution in [0.15, 0.2) is 24.3 Å². The SMILES string of the molecule is O=C(NC1CCSC1)N[C@@H](C(=O)O)c1ccccc1Cl. The van der Waals surface area contributed by atoms with Gasteiger partial charge in [-0.3, -0.25) is 0 Å². The highest BCUT2D eigenvalue weighted by Crippen LogP contribution is 2.23. The highest BCUT2D eigenvalue weighted by atomic mass is 35.5. The number of halogens is 1. The Bertz CT molecular complexity index is 506. The molecule has 1 unspecified atom stereocenters. The number of aliphatic carboxylic acids is 1. The number of amides is 2. The standard InChI is InChI=1S/C13H15ClN2O3S/c14-10-4-2-1-3-9(10)11(12(17)18)16-13(19)15-8-5-6-20-7-8/h1-4,8,11H,5-7H2,(H,17,18)(H2,15,16,19)/t8?,11-/m1/s1. The van der Waals surface area contributed by atoms with Crippen molar-refractivity contribution in [3.05, 3.63) is 34.9 Å². The summed E-state index contributed by atoms with van der Waals surface area (Å²) in [6.45, 7) is 0. The molecule has 0 aromatic heterocycles. The molecule has 1 aromatic rings. The first-order valence-electron chi connectivity index (χ1n) is 6.20. The molecule has 2 amide bonds. The summed E-state index contributed by atoms with van der Waals surface area (Å²) in [5.41, 5.74) is 0.373. The molecule has 1 fully saturated rings. The lowest BCUT2D eigenvalue weighted by molar-refractivity contribution is -0.139. The van der Waals surface area contributed by atoms with Gasteiger partial charge in [0.15, 0.2) is 6.04 Å². The highest BCUT2D eigenvalue weighted by Gasteiger charge is 2.25. The molecule has 1 saturated heterocycles. The summed E-state index contributed by atoms with van der Waals surface area (Å²) < 4.78 is 0. The average Bonchev–Trinajstić information content (AvgIpc) is 2.89. The largest absolute Gasteiger partial charge is 0.479 e. The molecular formula is C13H15ClN2O3S. The van der Waals surface area contributed by atoms with Crippen molar-refractivity contribution in [2.75, 3.05) is 11.5 Å². The number of carbonyl (C=O) groups excluding carboxylic acids is 1. The minimum atomic E-state index is -1.15. The summed E-state index contributed by atoms with van der Waals surface area (Å²) >= 11 is 7.75. The number of hydrogen-bond acceptors (Lipinski definition) is 3. The predicted octanol–water partition coefficient (Wildman–Crippen LogP) is 2.27. The summed E-state index contributed by atoms with van der Waals surface area (Å²) in [6, 6.07) is 5.04. The molecule has 1 aliphatic rings. The van der Waals surface area contributed by atoms with Crippen LogP contribution in [0.3, 0.4) is 0 Å². The second-order valence-corrected chi connectivity index (χ2v) is 6.03. The number of benzene rings is 1. The van der Waals surface area contributed by atoms with Gasteiger partial charge in [-0.1, -0.05) is 29.8 Å². The van der Waals surface area contributed by atoms with E-state index in [-0.39, 0.29) is 6.04 Å². The molecule has 2 atom stereocenters. The topological polar surface area (TPSA) is 78.4 Å². The highest BCUT2D eigenvalue weighted by molar-refractivity contribution is 7.99. The Kier molecular flexibility index (Phi) is 5.14. The Morgan fingerprint density at radius 2 is 2.15 bits per heavy atom. The maximum absolute atomic E-state index is 11.9. The average molecular weight is 315 g/mol. The van der Waals surface area contributed by atoms with Gasteiger partial charge < -0.3 is 15.7 Å². The van der Waals surface area contributed by atoms with Crippen molar-refractivity contribution in [3.8, 4) is 0 Å². The van der Waals surface area contributed by atoms with Crippen LogP contribution >= 0.6 is 23.4 Å². The smallest absolute Gasteiger partial charge is 0.331 e.